The van der Waals surface area contributed by atoms with E-state index >= 15 is 0 Å². The van der Waals surface area contributed by atoms with Gasteiger partial charge in [-0.05, 0) is 17.7 Å². The Kier molecular flexibility index (Phi) is 7.64. The van der Waals surface area contributed by atoms with Gasteiger partial charge < -0.3 is 10.2 Å². The molecule has 0 saturated heterocycles. The fourth-order valence-corrected chi connectivity index (χ4v) is 2.17. The van der Waals surface area contributed by atoms with Gasteiger partial charge in [0.15, 0.2) is 5.96 Å². The average molecular weight is 468 g/mol. The van der Waals surface area contributed by atoms with Gasteiger partial charge in [0.05, 0.1) is 12.1 Å². The molecule has 0 aliphatic rings. The van der Waals surface area contributed by atoms with Gasteiger partial charge >= 0.3 is 6.18 Å². The van der Waals surface area contributed by atoms with E-state index in [1.54, 1.807) is 18.8 Å². The van der Waals surface area contributed by atoms with Crippen LogP contribution in [-0.2, 0) is 26.3 Å². The molecule has 0 aliphatic carbocycles. The fraction of sp³-hybridized carbons (Fsp3) is 0.400. The van der Waals surface area contributed by atoms with Gasteiger partial charge in [-0.3, -0.25) is 9.67 Å². The van der Waals surface area contributed by atoms with Crippen LogP contribution in [0.25, 0.3) is 0 Å². The average Bonchev–Trinajstić information content (AvgIpc) is 2.93. The number of hydrogen-bond donors (Lipinski definition) is 1. The fourth-order valence-electron chi connectivity index (χ4n) is 2.17. The molecule has 0 bridgehead atoms. The van der Waals surface area contributed by atoms with Crippen molar-refractivity contribution in [1.82, 2.24) is 25.0 Å². The topological polar surface area (TPSA) is 58.3 Å². The summed E-state index contributed by atoms with van der Waals surface area (Å²) in [6, 6.07) is 5.10. The van der Waals surface area contributed by atoms with Crippen molar-refractivity contribution >= 4 is 29.9 Å². The quantitative estimate of drug-likeness (QED) is 0.426. The standard InChI is InChI=1S/C15H19F3N6.HI/c1-19-14(20-8-13-21-10-22-24(13)3)23(2)9-11-4-6-12(7-5-11)15(16,17)18;/h4-7,10H,8-9H2,1-3H3,(H,19,20);1H. The second kappa shape index (κ2) is 9.02. The van der Waals surface area contributed by atoms with Crippen molar-refractivity contribution in [2.75, 3.05) is 14.1 Å². The van der Waals surface area contributed by atoms with Crippen LogP contribution in [0.3, 0.4) is 0 Å². The van der Waals surface area contributed by atoms with Crippen molar-refractivity contribution in [2.24, 2.45) is 12.0 Å². The molecule has 0 fully saturated rings. The van der Waals surface area contributed by atoms with E-state index in [9.17, 15) is 13.2 Å². The molecule has 25 heavy (non-hydrogen) atoms. The Hall–Kier alpha value is -1.85. The molecule has 1 aromatic carbocycles. The van der Waals surface area contributed by atoms with E-state index in [0.29, 0.717) is 19.0 Å². The van der Waals surface area contributed by atoms with E-state index in [2.05, 4.69) is 20.4 Å². The first-order chi connectivity index (χ1) is 11.3. The van der Waals surface area contributed by atoms with Gasteiger partial charge in [-0.15, -0.1) is 24.0 Å². The molecule has 0 spiro atoms. The van der Waals surface area contributed by atoms with Crippen LogP contribution in [0, 0.1) is 0 Å². The minimum absolute atomic E-state index is 0. The number of aliphatic imine (C=N–C) groups is 1. The summed E-state index contributed by atoms with van der Waals surface area (Å²) in [5.41, 5.74) is 0.103. The summed E-state index contributed by atoms with van der Waals surface area (Å²) in [5, 5.41) is 7.12. The second-order valence-electron chi connectivity index (χ2n) is 5.25. The highest BCUT2D eigenvalue weighted by molar-refractivity contribution is 14.0. The lowest BCUT2D eigenvalue weighted by atomic mass is 10.1. The first-order valence-corrected chi connectivity index (χ1v) is 7.22. The molecule has 2 rings (SSSR count). The number of aromatic nitrogens is 3. The number of hydrogen-bond acceptors (Lipinski definition) is 3. The van der Waals surface area contributed by atoms with Crippen LogP contribution >= 0.6 is 24.0 Å². The van der Waals surface area contributed by atoms with Crippen LogP contribution in [0.1, 0.15) is 17.0 Å². The van der Waals surface area contributed by atoms with Crippen LogP contribution in [0.5, 0.6) is 0 Å². The monoisotopic (exact) mass is 468 g/mol. The van der Waals surface area contributed by atoms with E-state index < -0.39 is 11.7 Å². The molecule has 0 aliphatic heterocycles. The van der Waals surface area contributed by atoms with Crippen molar-refractivity contribution in [1.29, 1.82) is 0 Å². The first kappa shape index (κ1) is 21.2. The van der Waals surface area contributed by atoms with E-state index in [0.717, 1.165) is 23.5 Å². The van der Waals surface area contributed by atoms with Gasteiger partial charge in [-0.25, -0.2) is 4.98 Å². The molecule has 0 saturated carbocycles. The molecule has 0 atom stereocenters. The maximum Gasteiger partial charge on any atom is 0.416 e. The van der Waals surface area contributed by atoms with Crippen LogP contribution in [0.15, 0.2) is 35.6 Å². The normalized spacial score (nSPS) is 11.8. The lowest BCUT2D eigenvalue weighted by Crippen LogP contribution is -2.38. The molecule has 2 aromatic rings. The summed E-state index contributed by atoms with van der Waals surface area (Å²) in [6.45, 7) is 0.872. The molecule has 0 unspecified atom stereocenters. The Morgan fingerprint density at radius 2 is 1.92 bits per heavy atom. The summed E-state index contributed by atoms with van der Waals surface area (Å²) in [6.07, 6.45) is -2.86. The predicted molar refractivity (Wildman–Crippen MR) is 99.5 cm³/mol. The van der Waals surface area contributed by atoms with E-state index in [1.807, 2.05) is 11.9 Å². The number of nitrogens with zero attached hydrogens (tertiary/aromatic N) is 5. The molecule has 1 heterocycles. The van der Waals surface area contributed by atoms with E-state index in [4.69, 9.17) is 0 Å². The summed E-state index contributed by atoms with van der Waals surface area (Å²) in [5.74, 6) is 1.36. The highest BCUT2D eigenvalue weighted by Gasteiger charge is 2.29. The van der Waals surface area contributed by atoms with Gasteiger partial charge in [0.25, 0.3) is 0 Å². The van der Waals surface area contributed by atoms with Crippen LogP contribution in [0.2, 0.25) is 0 Å². The molecule has 6 nitrogen and oxygen atoms in total. The lowest BCUT2D eigenvalue weighted by molar-refractivity contribution is -0.137. The Balaban J connectivity index is 0.00000312. The molecule has 1 aromatic heterocycles. The zero-order valence-electron chi connectivity index (χ0n) is 14.1. The molecule has 1 N–H and O–H groups in total. The van der Waals surface area contributed by atoms with Crippen molar-refractivity contribution in [3.05, 3.63) is 47.5 Å². The maximum absolute atomic E-state index is 12.6. The smallest absolute Gasteiger partial charge is 0.349 e. The number of benzene rings is 1. The summed E-state index contributed by atoms with van der Waals surface area (Å²) in [7, 11) is 5.24. The Morgan fingerprint density at radius 3 is 2.40 bits per heavy atom. The number of alkyl halides is 3. The number of aryl methyl sites for hydroxylation is 1. The minimum atomic E-state index is -4.32. The maximum atomic E-state index is 12.6. The van der Waals surface area contributed by atoms with Gasteiger partial charge in [-0.1, -0.05) is 12.1 Å². The third-order valence-corrected chi connectivity index (χ3v) is 3.48. The number of rotatable bonds is 4. The van der Waals surface area contributed by atoms with Gasteiger partial charge in [0, 0.05) is 27.7 Å². The Morgan fingerprint density at radius 1 is 1.28 bits per heavy atom. The van der Waals surface area contributed by atoms with Gasteiger partial charge in [-0.2, -0.15) is 18.3 Å². The molecule has 138 valence electrons. The van der Waals surface area contributed by atoms with Crippen molar-refractivity contribution < 1.29 is 13.2 Å². The highest BCUT2D eigenvalue weighted by atomic mass is 127. The lowest BCUT2D eigenvalue weighted by Gasteiger charge is -2.22. The first-order valence-electron chi connectivity index (χ1n) is 7.22. The zero-order chi connectivity index (χ0) is 17.7. The van der Waals surface area contributed by atoms with Crippen molar-refractivity contribution in [2.45, 2.75) is 19.3 Å². The second-order valence-corrected chi connectivity index (χ2v) is 5.25. The summed E-state index contributed by atoms with van der Waals surface area (Å²) >= 11 is 0. The predicted octanol–water partition coefficient (Wildman–Crippen LogP) is 2.66. The SMILES string of the molecule is CN=C(NCc1ncnn1C)N(C)Cc1ccc(C(F)(F)F)cc1.I. The number of halogens is 4. The Bertz CT molecular complexity index is 696. The molecular weight excluding hydrogens is 448 g/mol. The molecular formula is C15H20F3IN6. The summed E-state index contributed by atoms with van der Waals surface area (Å²) < 4.78 is 39.4. The molecule has 10 heteroatoms. The van der Waals surface area contributed by atoms with Crippen molar-refractivity contribution in [3.63, 3.8) is 0 Å². The van der Waals surface area contributed by atoms with Gasteiger partial charge in [0.2, 0.25) is 0 Å². The third-order valence-electron chi connectivity index (χ3n) is 3.48. The van der Waals surface area contributed by atoms with E-state index in [1.165, 1.54) is 18.5 Å². The highest BCUT2D eigenvalue weighted by Crippen LogP contribution is 2.29. The zero-order valence-corrected chi connectivity index (χ0v) is 16.4. The van der Waals surface area contributed by atoms with Crippen LogP contribution in [0.4, 0.5) is 13.2 Å². The third kappa shape index (κ3) is 5.87. The summed E-state index contributed by atoms with van der Waals surface area (Å²) in [4.78, 5) is 10.1. The minimum Gasteiger partial charge on any atom is -0.349 e. The van der Waals surface area contributed by atoms with Crippen LogP contribution in [-0.4, -0.2) is 39.7 Å². The molecule has 0 amide bonds. The Labute approximate surface area is 161 Å². The molecule has 0 radical (unpaired) electrons. The number of guanidine groups is 1. The largest absolute Gasteiger partial charge is 0.416 e. The van der Waals surface area contributed by atoms with Crippen LogP contribution < -0.4 is 5.32 Å². The van der Waals surface area contributed by atoms with E-state index in [-0.39, 0.29) is 24.0 Å². The van der Waals surface area contributed by atoms with Gasteiger partial charge in [0.1, 0.15) is 12.2 Å². The number of nitrogens with one attached hydrogen (secondary N) is 1. The van der Waals surface area contributed by atoms with Crippen molar-refractivity contribution in [3.8, 4) is 0 Å².